The van der Waals surface area contributed by atoms with Crippen LogP contribution in [-0.2, 0) is 6.54 Å². The molecule has 6 N–H and O–H groups in total. The summed E-state index contributed by atoms with van der Waals surface area (Å²) in [5.41, 5.74) is 22.9. The number of amides is 2. The molecule has 1 saturated heterocycles. The number of aliphatic imine (C=N–C) groups is 2. The second-order valence-electron chi connectivity index (χ2n) is 24.8. The van der Waals surface area contributed by atoms with Crippen LogP contribution in [0.25, 0.3) is 50.7 Å². The van der Waals surface area contributed by atoms with Crippen LogP contribution in [0.2, 0.25) is 0 Å². The lowest BCUT2D eigenvalue weighted by Crippen LogP contribution is -2.48. The molecule has 19 nitrogen and oxygen atoms in total. The molecule has 0 aliphatic carbocycles. The minimum Gasteiger partial charge on any atom is -0.369 e. The van der Waals surface area contributed by atoms with Gasteiger partial charge in [-0.25, -0.2) is 19.9 Å². The van der Waals surface area contributed by atoms with Gasteiger partial charge in [0.15, 0.2) is 16.9 Å². The monoisotopic (exact) mass is 1260 g/mol. The largest absolute Gasteiger partial charge is 0.369 e. The highest BCUT2D eigenvalue weighted by Crippen LogP contribution is 2.34. The molecule has 5 aromatic carbocycles. The Balaban J connectivity index is 0.000000129. The van der Waals surface area contributed by atoms with E-state index in [1.807, 2.05) is 96.1 Å². The third-order valence-corrected chi connectivity index (χ3v) is 17.7. The predicted molar refractivity (Wildman–Crippen MR) is 383 cm³/mol. The second-order valence-corrected chi connectivity index (χ2v) is 24.8. The Labute approximate surface area is 551 Å². The predicted octanol–water partition coefficient (Wildman–Crippen LogP) is 14.2. The third kappa shape index (κ3) is 13.7. The Morgan fingerprint density at radius 3 is 1.62 bits per heavy atom. The highest BCUT2D eigenvalue weighted by molar-refractivity contribution is 5.99. The minimum absolute atomic E-state index is 0.00477. The molecule has 19 heteroatoms. The number of nitrogens with one attached hydrogen (secondary N) is 6. The van der Waals surface area contributed by atoms with Crippen molar-refractivity contribution in [2.45, 2.75) is 67.1 Å². The Hall–Kier alpha value is -11.4. The van der Waals surface area contributed by atoms with E-state index in [0.717, 1.165) is 122 Å². The molecule has 1 fully saturated rings. The first-order chi connectivity index (χ1) is 46.2. The quantitative estimate of drug-likeness (QED) is 0.0569. The van der Waals surface area contributed by atoms with E-state index in [4.69, 9.17) is 0 Å². The average Bonchev–Trinajstić information content (AvgIpc) is 1.71. The molecule has 478 valence electrons. The van der Waals surface area contributed by atoms with Gasteiger partial charge >= 0.3 is 0 Å². The maximum absolute atomic E-state index is 12.2. The first-order valence-corrected chi connectivity index (χ1v) is 32.2. The number of imidazole rings is 3. The number of aryl methyl sites for hydroxylation is 2. The molecule has 2 amide bonds. The fourth-order valence-electron chi connectivity index (χ4n) is 12.2. The number of hydrogen-bond donors (Lipinski definition) is 6. The summed E-state index contributed by atoms with van der Waals surface area (Å²) in [7, 11) is 0. The molecule has 15 rings (SSSR count). The zero-order valence-electron chi connectivity index (χ0n) is 54.3. The fraction of sp³-hybridized carbons (Fsp3) is 0.211. The van der Waals surface area contributed by atoms with Crippen molar-refractivity contribution in [2.75, 3.05) is 53.6 Å². The van der Waals surface area contributed by atoms with Crippen molar-refractivity contribution in [1.82, 2.24) is 48.7 Å². The SMILES string of the molecule is CC(C)CNC(=O)c1ccc(Nc2ccc(-c3cc[nH]c(=O)c3)n3ccnc23)cc1.Cc1cc(-c2ccc(Nc3ccc(N4CCN(C(C)C)CC4)cc3)c3nccn23)cc(C)c1C.O=C1NCc2cc(-c3ccc(Nc4ccc(C5C=NC=N5)cc4)c4nccn34)ccc21. The van der Waals surface area contributed by atoms with E-state index >= 15 is 0 Å². The van der Waals surface area contributed by atoms with Gasteiger partial charge in [-0.15, -0.1) is 0 Å². The number of hydrogen-bond acceptors (Lipinski definition) is 13. The standard InChI is InChI=1S/C29H35N5.C24H18N6O.C23H23N5O2/c1-20(2)32-14-16-33(17-15-32)26-8-6-25(7-9-26)31-27-10-11-28(34-13-12-30-29(27)34)24-18-21(3)23(5)22(4)19-24;31-24-19-6-3-16(11-17(19)12-27-24)22-8-7-20(23-26-9-10-30(22)23)29-18-4-1-15(2-5-18)21-13-25-14-28-21;1-15(2)14-26-23(30)16-3-5-18(6-4-16)27-19-7-8-20(28-12-11-25-22(19)28)17-9-10-24-21(29)13-17/h6-13,18-20,31H,14-17H2,1-5H3;1-11,13-14,21,29H,12H2,(H,27,31);3-13,15,27H,14H2,1-2H3,(H,24,29)(H,26,30). The smallest absolute Gasteiger partial charge is 0.251 e. The van der Waals surface area contributed by atoms with Gasteiger partial charge in [0.25, 0.3) is 11.8 Å². The van der Waals surface area contributed by atoms with E-state index in [1.165, 1.54) is 27.9 Å². The summed E-state index contributed by atoms with van der Waals surface area (Å²) in [6.45, 7) is 20.9. The van der Waals surface area contributed by atoms with Crippen molar-refractivity contribution in [1.29, 1.82) is 0 Å². The highest BCUT2D eigenvalue weighted by atomic mass is 16.2. The van der Waals surface area contributed by atoms with E-state index in [0.29, 0.717) is 30.6 Å². The number of pyridine rings is 4. The average molecular weight is 1260 g/mol. The van der Waals surface area contributed by atoms with Crippen LogP contribution in [0.1, 0.15) is 82.3 Å². The van der Waals surface area contributed by atoms with Gasteiger partial charge in [-0.05, 0) is 207 Å². The second kappa shape index (κ2) is 27.4. The molecule has 10 heterocycles. The van der Waals surface area contributed by atoms with E-state index in [9.17, 15) is 14.4 Å². The van der Waals surface area contributed by atoms with Gasteiger partial charge in [-0.2, -0.15) is 0 Å². The van der Waals surface area contributed by atoms with Crippen LogP contribution in [0.4, 0.5) is 39.8 Å². The summed E-state index contributed by atoms with van der Waals surface area (Å²) in [5, 5.41) is 16.2. The van der Waals surface area contributed by atoms with Crippen molar-refractivity contribution in [2.24, 2.45) is 15.9 Å². The summed E-state index contributed by atoms with van der Waals surface area (Å²) < 4.78 is 6.17. The van der Waals surface area contributed by atoms with E-state index in [1.54, 1.807) is 43.1 Å². The molecule has 1 unspecified atom stereocenters. The molecule has 0 bridgehead atoms. The summed E-state index contributed by atoms with van der Waals surface area (Å²) in [5.74, 6) is 0.323. The van der Waals surface area contributed by atoms with Crippen molar-refractivity contribution in [3.8, 4) is 33.8 Å². The summed E-state index contributed by atoms with van der Waals surface area (Å²) in [4.78, 5) is 65.4. The molecular weight excluding hydrogens is 1180 g/mol. The number of rotatable bonds is 15. The Morgan fingerprint density at radius 1 is 0.579 bits per heavy atom. The van der Waals surface area contributed by atoms with Gasteiger partial charge in [0.05, 0.1) is 34.1 Å². The van der Waals surface area contributed by atoms with Crippen molar-refractivity contribution >= 4 is 81.1 Å². The normalized spacial score (nSPS) is 14.2. The maximum Gasteiger partial charge on any atom is 0.251 e. The number of fused-ring (bicyclic) bond motifs is 4. The van der Waals surface area contributed by atoms with Gasteiger partial charge < -0.3 is 36.5 Å². The minimum atomic E-state index is -0.152. The van der Waals surface area contributed by atoms with Crippen LogP contribution in [0.3, 0.4) is 0 Å². The molecule has 0 spiro atoms. The third-order valence-electron chi connectivity index (χ3n) is 17.7. The Kier molecular flexibility index (Phi) is 18.0. The molecule has 3 aliphatic heterocycles. The lowest BCUT2D eigenvalue weighted by atomic mass is 9.98. The number of nitrogens with zero attached hydrogens (tertiary/aromatic N) is 10. The molecule has 1 atom stereocenters. The maximum atomic E-state index is 12.2. The van der Waals surface area contributed by atoms with Crippen molar-refractivity contribution < 1.29 is 9.59 Å². The summed E-state index contributed by atoms with van der Waals surface area (Å²) in [6, 6.07) is 51.1. The van der Waals surface area contributed by atoms with Crippen LogP contribution in [-0.4, -0.2) is 101 Å². The van der Waals surface area contributed by atoms with Crippen molar-refractivity contribution in [3.05, 3.63) is 244 Å². The van der Waals surface area contributed by atoms with Gasteiger partial charge in [-0.3, -0.25) is 37.5 Å². The first-order valence-electron chi connectivity index (χ1n) is 32.2. The lowest BCUT2D eigenvalue weighted by molar-refractivity contribution is 0.0945. The summed E-state index contributed by atoms with van der Waals surface area (Å²) >= 11 is 0. The van der Waals surface area contributed by atoms with E-state index in [-0.39, 0.29) is 23.4 Å². The molecule has 95 heavy (non-hydrogen) atoms. The van der Waals surface area contributed by atoms with Gasteiger partial charge in [-0.1, -0.05) is 32.0 Å². The molecule has 0 saturated carbocycles. The van der Waals surface area contributed by atoms with Crippen molar-refractivity contribution in [3.63, 3.8) is 0 Å². The number of anilines is 7. The van der Waals surface area contributed by atoms with Crippen LogP contribution in [0.15, 0.2) is 210 Å². The fourth-order valence-corrected chi connectivity index (χ4v) is 12.2. The topological polar surface area (TPSA) is 210 Å². The molecule has 0 radical (unpaired) electrons. The van der Waals surface area contributed by atoms with Crippen LogP contribution < -0.4 is 37.0 Å². The number of H-pyrrole nitrogens is 1. The van der Waals surface area contributed by atoms with Gasteiger partial charge in [0.2, 0.25) is 5.56 Å². The highest BCUT2D eigenvalue weighted by Gasteiger charge is 2.22. The van der Waals surface area contributed by atoms with E-state index in [2.05, 4.69) is 196 Å². The Bertz CT molecular complexity index is 4860. The first kappa shape index (κ1) is 62.4. The summed E-state index contributed by atoms with van der Waals surface area (Å²) in [6.07, 6.45) is 16.3. The zero-order chi connectivity index (χ0) is 65.7. The number of aromatic nitrogens is 7. The molecule has 3 aliphatic rings. The van der Waals surface area contributed by atoms with Gasteiger partial charge in [0.1, 0.15) is 12.4 Å². The molecule has 7 aromatic heterocycles. The number of carbonyl (C=O) groups excluding carboxylic acids is 2. The Morgan fingerprint density at radius 2 is 1.11 bits per heavy atom. The number of aromatic amines is 1. The van der Waals surface area contributed by atoms with Gasteiger partial charge in [0, 0.05) is 140 Å². The van der Waals surface area contributed by atoms with E-state index < -0.39 is 0 Å². The number of piperazine rings is 1. The number of benzene rings is 5. The number of carbonyl (C=O) groups is 2. The lowest BCUT2D eigenvalue weighted by Gasteiger charge is -2.38. The van der Waals surface area contributed by atoms with Crippen LogP contribution in [0.5, 0.6) is 0 Å². The van der Waals surface area contributed by atoms with Crippen LogP contribution in [0, 0.1) is 26.7 Å². The molecular formula is C76H76N16O3. The van der Waals surface area contributed by atoms with Crippen LogP contribution >= 0.6 is 0 Å². The zero-order valence-corrected chi connectivity index (χ0v) is 54.3. The molecule has 12 aromatic rings.